The van der Waals surface area contributed by atoms with E-state index in [-0.39, 0.29) is 89.7 Å². The number of ether oxygens (including phenoxy) is 8. The topological polar surface area (TPSA) is 387 Å². The molecule has 3 amide bonds. The third-order valence-electron chi connectivity index (χ3n) is 16.6. The van der Waals surface area contributed by atoms with Gasteiger partial charge in [0.2, 0.25) is 0 Å². The molecule has 0 bridgehead atoms. The summed E-state index contributed by atoms with van der Waals surface area (Å²) in [7, 11) is -6.80. The number of esters is 5. The molecule has 0 aliphatic heterocycles. The molecule has 1 atom stereocenters. The molecule has 0 aliphatic rings. The van der Waals surface area contributed by atoms with Crippen LogP contribution in [0.15, 0.2) is 166 Å². The lowest BCUT2D eigenvalue weighted by molar-refractivity contribution is -0.259. The molecule has 598 valence electrons. The highest BCUT2D eigenvalue weighted by molar-refractivity contribution is 14.1. The molecule has 5 N–H and O–H groups in total. The molecule has 29 nitrogen and oxygen atoms in total. The fourth-order valence-electron chi connectivity index (χ4n) is 10.7. The minimum Gasteiger partial charge on any atom is -0.507 e. The number of rotatable bonds is 24. The van der Waals surface area contributed by atoms with Crippen LogP contribution in [-0.4, -0.2) is 117 Å². The van der Waals surface area contributed by atoms with Gasteiger partial charge in [0.25, 0.3) is 6.10 Å². The number of amides is 3. The van der Waals surface area contributed by atoms with Crippen LogP contribution in [-0.2, 0) is 54.5 Å². The molecule has 0 saturated carbocycles. The number of carbonyl (C=O) groups excluding carboxylic acids is 8. The summed E-state index contributed by atoms with van der Waals surface area (Å²) >= 11 is 4.71. The molecule has 1 unspecified atom stereocenters. The van der Waals surface area contributed by atoms with E-state index in [0.29, 0.717) is 24.8 Å². The average Bonchev–Trinajstić information content (AvgIpc) is 0.737. The van der Waals surface area contributed by atoms with Crippen molar-refractivity contribution in [2.24, 2.45) is 0 Å². The molecule has 9 rings (SSSR count). The third kappa shape index (κ3) is 19.8. The van der Waals surface area contributed by atoms with Crippen molar-refractivity contribution in [2.45, 2.75) is 77.2 Å². The Kier molecular flexibility index (Phi) is 26.6. The maximum absolute atomic E-state index is 15.3. The quantitative estimate of drug-likeness (QED) is 0.00936. The van der Waals surface area contributed by atoms with Gasteiger partial charge >= 0.3 is 86.7 Å². The SMILES string of the molecule is Cc1c(NC(=O)OCCOC(=O)c2c(I)cc(I)c(C(=O)OCC(=O)OC(C(F)(F)F)C(F)(F)S(=O)(=O)O)c2I)cccc1-n1c(=O)n(-c2cccc(NC(=O)Oc3ccc(C(=O)OC(C)(C)c4ccc(F)cc4)cc3)c2C)c(=O)n(-c2cccc(NC(=O)Oc3ccc(C(=O)OC(C)(C)c4ccc(F)cc4)c(O)c3)c2C)c1=O. The first kappa shape index (κ1) is 86.7. The number of hydrogen-bond donors (Lipinski definition) is 5. The summed E-state index contributed by atoms with van der Waals surface area (Å²) in [6, 6.07) is 32.0. The number of nitrogens with one attached hydrogen (secondary N) is 3. The Bertz CT molecular complexity index is 5670. The van der Waals surface area contributed by atoms with Crippen LogP contribution in [0.4, 0.5) is 62.2 Å². The number of hydrogen-bond acceptors (Lipinski definition) is 22. The predicted octanol–water partition coefficient (Wildman–Crippen LogP) is 13.8. The number of phenolic OH excluding ortho intramolecular Hbond substituents is 1. The number of phenols is 1. The van der Waals surface area contributed by atoms with E-state index >= 15 is 14.4 Å². The second-order valence-corrected chi connectivity index (χ2v) is 30.0. The minimum absolute atomic E-state index is 0.00170. The zero-order valence-corrected chi connectivity index (χ0v) is 66.9. The van der Waals surface area contributed by atoms with Crippen LogP contribution in [0, 0.1) is 43.1 Å². The lowest BCUT2D eigenvalue weighted by atomic mass is 9.98. The van der Waals surface area contributed by atoms with Crippen molar-refractivity contribution in [2.75, 3.05) is 35.8 Å². The molecule has 0 spiro atoms. The van der Waals surface area contributed by atoms with E-state index in [1.54, 1.807) is 59.0 Å². The standard InChI is InChI=1S/C74H58F7I3N6O23S/c1-36-49(85-65(97)107-32-31-106-62(95)57-47(82)34-48(83)58(59(57)84)63(96)108-35-56(92)111-64(73(77,78)79)74(80,81)114(103,104)105)11-8-14-52(36)88-68(100)89(53-15-9-12-50(37(53)2)86-66(98)109-44-27-17-39(18-28-44)60(93)112-71(4,5)40-19-23-42(75)24-20-40)70(102)90(69(88)101)54-16-10-13-51(38(54)3)87-67(99)110-45-29-30-46(55(91)33-45)61(94)113-72(6,7)41-21-25-43(76)26-22-41/h8-30,33-34,64,91H,31-32,35H2,1-7H3,(H,85,97)(H,86,98)(H,87,99)(H,103,104,105). The van der Waals surface area contributed by atoms with E-state index in [2.05, 4.69) is 25.4 Å². The Labute approximate surface area is 679 Å². The number of nitrogens with zero attached hydrogens (tertiary/aromatic N) is 3. The summed E-state index contributed by atoms with van der Waals surface area (Å²) in [4.78, 5) is 152. The highest BCUT2D eigenvalue weighted by Gasteiger charge is 2.66. The van der Waals surface area contributed by atoms with Crippen LogP contribution in [0.5, 0.6) is 17.2 Å². The van der Waals surface area contributed by atoms with Crippen molar-refractivity contribution in [3.63, 3.8) is 0 Å². The van der Waals surface area contributed by atoms with Gasteiger partial charge < -0.3 is 43.0 Å². The summed E-state index contributed by atoms with van der Waals surface area (Å²) in [5.74, 6) is -8.84. The first-order valence-corrected chi connectivity index (χ1v) is 37.3. The van der Waals surface area contributed by atoms with E-state index in [1.807, 2.05) is 0 Å². The van der Waals surface area contributed by atoms with Gasteiger partial charge in [0.05, 0.1) is 33.8 Å². The molecule has 1 heterocycles. The van der Waals surface area contributed by atoms with Gasteiger partial charge in [0.1, 0.15) is 58.9 Å². The van der Waals surface area contributed by atoms with Gasteiger partial charge in [-0.1, -0.05) is 42.5 Å². The molecule has 0 aliphatic carbocycles. The van der Waals surface area contributed by atoms with Crippen LogP contribution in [0.2, 0.25) is 0 Å². The second-order valence-electron chi connectivity index (χ2n) is 25.1. The lowest BCUT2D eigenvalue weighted by Gasteiger charge is -2.26. The third-order valence-corrected chi connectivity index (χ3v) is 20.3. The molecule has 8 aromatic carbocycles. The van der Waals surface area contributed by atoms with Crippen LogP contribution in [0.1, 0.15) is 96.9 Å². The summed E-state index contributed by atoms with van der Waals surface area (Å²) in [6.07, 6.45) is -14.5. The number of alkyl halides is 5. The Morgan fingerprint density at radius 3 is 1.32 bits per heavy atom. The second kappa shape index (κ2) is 35.0. The minimum atomic E-state index is -6.80. The van der Waals surface area contributed by atoms with Crippen molar-refractivity contribution < 1.29 is 125 Å². The molecular formula is C74H58F7I3N6O23S. The summed E-state index contributed by atoms with van der Waals surface area (Å²) in [5.41, 5.74) is -7.76. The van der Waals surface area contributed by atoms with E-state index in [4.69, 9.17) is 33.0 Å². The van der Waals surface area contributed by atoms with Crippen molar-refractivity contribution in [3.05, 3.63) is 256 Å². The highest BCUT2D eigenvalue weighted by Crippen LogP contribution is 2.39. The Hall–Kier alpha value is -11.3. The summed E-state index contributed by atoms with van der Waals surface area (Å²) in [5, 5.41) is 12.3. The molecule has 0 radical (unpaired) electrons. The molecular weight excluding hydrogens is 1890 g/mol. The number of carbonyl (C=O) groups is 8. The van der Waals surface area contributed by atoms with Crippen LogP contribution < -0.4 is 42.5 Å². The van der Waals surface area contributed by atoms with Crippen LogP contribution >= 0.6 is 67.8 Å². The number of halogens is 10. The smallest absolute Gasteiger partial charge is 0.432 e. The van der Waals surface area contributed by atoms with Gasteiger partial charge in [-0.15, -0.1) is 0 Å². The monoisotopic (exact) mass is 1940 g/mol. The van der Waals surface area contributed by atoms with Crippen LogP contribution in [0.3, 0.4) is 0 Å². The maximum atomic E-state index is 15.3. The number of aromatic nitrogens is 3. The molecule has 114 heavy (non-hydrogen) atoms. The molecule has 0 fully saturated rings. The zero-order valence-electron chi connectivity index (χ0n) is 59.6. The van der Waals surface area contributed by atoms with E-state index < -0.39 is 147 Å². The average molecular weight is 1950 g/mol. The molecule has 9 aromatic rings. The van der Waals surface area contributed by atoms with Crippen molar-refractivity contribution in [3.8, 4) is 34.3 Å². The summed E-state index contributed by atoms with van der Waals surface area (Å²) in [6.45, 7) is 7.21. The first-order chi connectivity index (χ1) is 53.3. The van der Waals surface area contributed by atoms with Crippen molar-refractivity contribution >= 4 is 143 Å². The van der Waals surface area contributed by atoms with Gasteiger partial charge in [0.15, 0.2) is 6.61 Å². The van der Waals surface area contributed by atoms with Crippen molar-refractivity contribution in [1.82, 2.24) is 13.7 Å². The Balaban J connectivity index is 0.963. The number of aromatic hydroxyl groups is 1. The zero-order chi connectivity index (χ0) is 84.0. The normalized spacial score (nSPS) is 12.0. The van der Waals surface area contributed by atoms with Gasteiger partial charge in [0, 0.05) is 33.8 Å². The van der Waals surface area contributed by atoms with Gasteiger partial charge in [-0.2, -0.15) is 30.4 Å². The van der Waals surface area contributed by atoms with Gasteiger partial charge in [-0.05, 0) is 247 Å². The van der Waals surface area contributed by atoms with E-state index in [9.17, 15) is 82.6 Å². The Morgan fingerprint density at radius 1 is 0.500 bits per heavy atom. The van der Waals surface area contributed by atoms with Crippen molar-refractivity contribution in [1.29, 1.82) is 0 Å². The van der Waals surface area contributed by atoms with E-state index in [0.717, 1.165) is 18.2 Å². The number of anilines is 3. The first-order valence-electron chi connectivity index (χ1n) is 32.6. The maximum Gasteiger partial charge on any atom is 0.432 e. The van der Waals surface area contributed by atoms with Gasteiger partial charge in [-0.3, -0.25) is 20.5 Å². The molecule has 40 heteroatoms. The van der Waals surface area contributed by atoms with Gasteiger partial charge in [-0.25, -0.2) is 75.2 Å². The predicted molar refractivity (Wildman–Crippen MR) is 414 cm³/mol. The Morgan fingerprint density at radius 2 is 0.895 bits per heavy atom. The number of benzene rings is 8. The molecule has 1 aromatic heterocycles. The fraction of sp³-hybridized carbons (Fsp3) is 0.203. The van der Waals surface area contributed by atoms with E-state index in [1.165, 1.54) is 191 Å². The highest BCUT2D eigenvalue weighted by atomic mass is 127. The van der Waals surface area contributed by atoms with Crippen LogP contribution in [0.25, 0.3) is 17.1 Å². The largest absolute Gasteiger partial charge is 0.507 e. The molecule has 0 saturated heterocycles. The summed E-state index contributed by atoms with van der Waals surface area (Å²) < 4.78 is 169. The fourth-order valence-corrected chi connectivity index (χ4v) is 15.4. The lowest BCUT2D eigenvalue weighted by Crippen LogP contribution is -2.53.